The first-order valence-electron chi connectivity index (χ1n) is 3.92. The summed E-state index contributed by atoms with van der Waals surface area (Å²) in [5.41, 5.74) is -1.09. The Balaban J connectivity index is 3.39. The van der Waals surface area contributed by atoms with Crippen LogP contribution in [0.25, 0.3) is 0 Å². The van der Waals surface area contributed by atoms with Crippen LogP contribution in [0.3, 0.4) is 0 Å². The van der Waals surface area contributed by atoms with E-state index in [1.54, 1.807) is 0 Å². The summed E-state index contributed by atoms with van der Waals surface area (Å²) >= 11 is 12.5. The Kier molecular flexibility index (Phi) is 4.48. The molecule has 0 fully saturated rings. The number of hydrogen-bond donors (Lipinski definition) is 0. The maximum atomic E-state index is 12.5. The number of carbonyl (C=O) groups is 1. The van der Waals surface area contributed by atoms with Gasteiger partial charge in [0.1, 0.15) is 0 Å². The van der Waals surface area contributed by atoms with Crippen molar-refractivity contribution in [1.29, 1.82) is 0 Å². The van der Waals surface area contributed by atoms with Gasteiger partial charge in [-0.2, -0.15) is 13.2 Å². The summed E-state index contributed by atoms with van der Waals surface area (Å²) in [6.45, 7) is 0. The molecule has 0 amide bonds. The van der Waals surface area contributed by atoms with Gasteiger partial charge in [0, 0.05) is 9.13 Å². The van der Waals surface area contributed by atoms with Crippen LogP contribution in [0.1, 0.15) is 15.9 Å². The van der Waals surface area contributed by atoms with Crippen LogP contribution < -0.4 is 0 Å². The van der Waals surface area contributed by atoms with Gasteiger partial charge in [-0.15, -0.1) is 11.6 Å². The molecular formula is C9H4Cl2F3IO. The zero-order valence-electron chi connectivity index (χ0n) is 7.54. The summed E-state index contributed by atoms with van der Waals surface area (Å²) in [5, 5.41) is -0.0250. The van der Waals surface area contributed by atoms with Gasteiger partial charge in [0.2, 0.25) is 0 Å². The van der Waals surface area contributed by atoms with E-state index in [4.69, 9.17) is 23.2 Å². The zero-order chi connectivity index (χ0) is 12.5. The van der Waals surface area contributed by atoms with Crippen LogP contribution in [-0.4, -0.2) is 11.7 Å². The molecule has 0 saturated carbocycles. The minimum absolute atomic E-state index is 0.0250. The molecule has 0 aliphatic carbocycles. The Bertz CT molecular complexity index is 431. The molecule has 0 atom stereocenters. The van der Waals surface area contributed by atoms with Crippen LogP contribution >= 0.6 is 45.8 Å². The fourth-order valence-electron chi connectivity index (χ4n) is 1.05. The predicted molar refractivity (Wildman–Crippen MR) is 64.2 cm³/mol. The van der Waals surface area contributed by atoms with Crippen molar-refractivity contribution in [2.45, 2.75) is 6.18 Å². The van der Waals surface area contributed by atoms with E-state index in [2.05, 4.69) is 0 Å². The van der Waals surface area contributed by atoms with Crippen LogP contribution in [0.5, 0.6) is 0 Å². The lowest BCUT2D eigenvalue weighted by molar-refractivity contribution is -0.138. The molecule has 0 aliphatic rings. The molecule has 0 unspecified atom stereocenters. The predicted octanol–water partition coefficient (Wildman–Crippen LogP) is 4.38. The Morgan fingerprint density at radius 2 is 1.94 bits per heavy atom. The van der Waals surface area contributed by atoms with E-state index >= 15 is 0 Å². The third kappa shape index (κ3) is 3.01. The van der Waals surface area contributed by atoms with Crippen LogP contribution in [0, 0.1) is 3.57 Å². The van der Waals surface area contributed by atoms with Crippen molar-refractivity contribution in [1.82, 2.24) is 0 Å². The van der Waals surface area contributed by atoms with Gasteiger partial charge in [-0.05, 0) is 34.7 Å². The zero-order valence-corrected chi connectivity index (χ0v) is 11.2. The number of ketones is 1. The van der Waals surface area contributed by atoms with Crippen molar-refractivity contribution in [3.8, 4) is 0 Å². The van der Waals surface area contributed by atoms with Gasteiger partial charge in [0.25, 0.3) is 0 Å². The summed E-state index contributed by atoms with van der Waals surface area (Å²) in [4.78, 5) is 11.2. The lowest BCUT2D eigenvalue weighted by Gasteiger charge is -2.11. The van der Waals surface area contributed by atoms with Crippen molar-refractivity contribution in [2.24, 2.45) is 0 Å². The Morgan fingerprint density at radius 1 is 1.38 bits per heavy atom. The Hall–Kier alpha value is -0.0100. The monoisotopic (exact) mass is 382 g/mol. The smallest absolute Gasteiger partial charge is 0.293 e. The molecule has 88 valence electrons. The highest BCUT2D eigenvalue weighted by molar-refractivity contribution is 14.1. The molecule has 1 aromatic rings. The fraction of sp³-hybridized carbons (Fsp3) is 0.222. The standard InChI is InChI=1S/C9H4Cl2F3IO/c10-3-8(16)4-1-5(9(12,13)14)7(15)2-6(4)11/h1-2H,3H2. The highest BCUT2D eigenvalue weighted by Crippen LogP contribution is 2.35. The summed E-state index contributed by atoms with van der Waals surface area (Å²) in [7, 11) is 0. The first kappa shape index (κ1) is 14.1. The number of halogens is 6. The van der Waals surface area contributed by atoms with Crippen molar-refractivity contribution in [2.75, 3.05) is 5.88 Å². The minimum atomic E-state index is -4.51. The van der Waals surface area contributed by atoms with E-state index in [9.17, 15) is 18.0 Å². The number of rotatable bonds is 2. The molecule has 0 spiro atoms. The summed E-state index contributed by atoms with van der Waals surface area (Å²) in [6.07, 6.45) is -4.51. The molecule has 0 saturated heterocycles. The molecule has 0 radical (unpaired) electrons. The van der Waals surface area contributed by atoms with Crippen LogP contribution in [0.4, 0.5) is 13.2 Å². The third-order valence-corrected chi connectivity index (χ3v) is 3.23. The average molecular weight is 383 g/mol. The molecule has 0 aromatic heterocycles. The number of hydrogen-bond acceptors (Lipinski definition) is 1. The second-order valence-electron chi connectivity index (χ2n) is 2.87. The summed E-state index contributed by atoms with van der Waals surface area (Å²) in [6, 6.07) is 1.83. The van der Waals surface area contributed by atoms with E-state index in [0.717, 1.165) is 12.1 Å². The molecule has 0 bridgehead atoms. The van der Waals surface area contributed by atoms with Crippen LogP contribution in [0.15, 0.2) is 12.1 Å². The van der Waals surface area contributed by atoms with Crippen LogP contribution in [0.2, 0.25) is 5.02 Å². The average Bonchev–Trinajstić information content (AvgIpc) is 2.14. The van der Waals surface area contributed by atoms with Crippen molar-refractivity contribution in [3.05, 3.63) is 31.9 Å². The maximum absolute atomic E-state index is 12.5. The van der Waals surface area contributed by atoms with E-state index in [1.165, 1.54) is 22.6 Å². The molecule has 1 aromatic carbocycles. The van der Waals surface area contributed by atoms with Crippen LogP contribution in [-0.2, 0) is 6.18 Å². The van der Waals surface area contributed by atoms with Crippen molar-refractivity contribution < 1.29 is 18.0 Å². The molecule has 0 aliphatic heterocycles. The maximum Gasteiger partial charge on any atom is 0.417 e. The topological polar surface area (TPSA) is 17.1 Å². The summed E-state index contributed by atoms with van der Waals surface area (Å²) in [5.74, 6) is -1.04. The molecule has 16 heavy (non-hydrogen) atoms. The van der Waals surface area contributed by atoms with Gasteiger partial charge >= 0.3 is 6.18 Å². The first-order valence-corrected chi connectivity index (χ1v) is 5.92. The van der Waals surface area contributed by atoms with Gasteiger partial charge in [-0.1, -0.05) is 11.6 Å². The molecule has 0 heterocycles. The van der Waals surface area contributed by atoms with E-state index < -0.39 is 23.4 Å². The number of carbonyl (C=O) groups excluding carboxylic acids is 1. The van der Waals surface area contributed by atoms with E-state index in [0.29, 0.717) is 0 Å². The lowest BCUT2D eigenvalue weighted by Crippen LogP contribution is -2.11. The molecule has 1 rings (SSSR count). The van der Waals surface area contributed by atoms with Gasteiger partial charge in [-0.3, -0.25) is 4.79 Å². The number of alkyl halides is 4. The van der Waals surface area contributed by atoms with E-state index in [-0.39, 0.29) is 14.2 Å². The third-order valence-electron chi connectivity index (χ3n) is 1.78. The second kappa shape index (κ2) is 5.10. The van der Waals surface area contributed by atoms with Crippen molar-refractivity contribution >= 4 is 51.6 Å². The van der Waals surface area contributed by atoms with Gasteiger partial charge in [-0.25, -0.2) is 0 Å². The highest BCUT2D eigenvalue weighted by Gasteiger charge is 2.34. The SMILES string of the molecule is O=C(CCl)c1cc(C(F)(F)F)c(I)cc1Cl. The highest BCUT2D eigenvalue weighted by atomic mass is 127. The number of Topliss-reactive ketones (excluding diaryl/α,β-unsaturated/α-hetero) is 1. The quantitative estimate of drug-likeness (QED) is 0.421. The largest absolute Gasteiger partial charge is 0.417 e. The Labute approximate surface area is 113 Å². The van der Waals surface area contributed by atoms with Crippen molar-refractivity contribution in [3.63, 3.8) is 0 Å². The lowest BCUT2D eigenvalue weighted by atomic mass is 10.1. The van der Waals surface area contributed by atoms with Gasteiger partial charge in [0.05, 0.1) is 16.5 Å². The Morgan fingerprint density at radius 3 is 2.38 bits per heavy atom. The van der Waals surface area contributed by atoms with E-state index in [1.807, 2.05) is 0 Å². The molecular weight excluding hydrogens is 379 g/mol. The second-order valence-corrected chi connectivity index (χ2v) is 4.70. The molecule has 7 heteroatoms. The molecule has 1 nitrogen and oxygen atoms in total. The fourth-order valence-corrected chi connectivity index (χ4v) is 2.42. The number of benzene rings is 1. The molecule has 0 N–H and O–H groups in total. The normalized spacial score (nSPS) is 11.6. The minimum Gasteiger partial charge on any atom is -0.293 e. The van der Waals surface area contributed by atoms with Gasteiger partial charge < -0.3 is 0 Å². The van der Waals surface area contributed by atoms with Gasteiger partial charge in [0.15, 0.2) is 5.78 Å². The summed E-state index contributed by atoms with van der Waals surface area (Å²) < 4.78 is 37.6. The first-order chi connectivity index (χ1) is 7.27.